The molecule has 0 aliphatic carbocycles. The molecule has 1 aromatic rings. The molecule has 1 heterocycles. The zero-order valence-electron chi connectivity index (χ0n) is 11.8. The summed E-state index contributed by atoms with van der Waals surface area (Å²) < 4.78 is 11.0. The summed E-state index contributed by atoms with van der Waals surface area (Å²) in [5.41, 5.74) is 2.25. The average molecular weight is 263 g/mol. The fourth-order valence-electron chi connectivity index (χ4n) is 2.21. The van der Waals surface area contributed by atoms with Crippen molar-refractivity contribution >= 4 is 5.91 Å². The second kappa shape index (κ2) is 6.06. The van der Waals surface area contributed by atoms with Gasteiger partial charge in [-0.3, -0.25) is 4.79 Å². The Labute approximate surface area is 114 Å². The maximum Gasteiger partial charge on any atom is 0.263 e. The Kier molecular flexibility index (Phi) is 4.43. The SMILES string of the molecule is Cc1ccc(O[C@H](C)C(=O)N2CCOCC2)c(C)c1. The van der Waals surface area contributed by atoms with Crippen LogP contribution in [-0.2, 0) is 9.53 Å². The lowest BCUT2D eigenvalue weighted by atomic mass is 10.1. The Bertz CT molecular complexity index is 453. The Balaban J connectivity index is 1.99. The lowest BCUT2D eigenvalue weighted by Crippen LogP contribution is -2.46. The summed E-state index contributed by atoms with van der Waals surface area (Å²) >= 11 is 0. The van der Waals surface area contributed by atoms with Gasteiger partial charge in [0.25, 0.3) is 5.91 Å². The van der Waals surface area contributed by atoms with Gasteiger partial charge in [0.2, 0.25) is 0 Å². The third kappa shape index (κ3) is 3.47. The number of hydrogen-bond donors (Lipinski definition) is 0. The van der Waals surface area contributed by atoms with Gasteiger partial charge >= 0.3 is 0 Å². The number of aryl methyl sites for hydroxylation is 2. The molecule has 0 N–H and O–H groups in total. The van der Waals surface area contributed by atoms with Crippen LogP contribution >= 0.6 is 0 Å². The van der Waals surface area contributed by atoms with Crippen molar-refractivity contribution in [1.82, 2.24) is 4.90 Å². The minimum atomic E-state index is -0.459. The van der Waals surface area contributed by atoms with Crippen LogP contribution in [0.3, 0.4) is 0 Å². The third-order valence-corrected chi connectivity index (χ3v) is 3.30. The van der Waals surface area contributed by atoms with E-state index in [-0.39, 0.29) is 5.91 Å². The van der Waals surface area contributed by atoms with E-state index in [1.54, 1.807) is 11.8 Å². The smallest absolute Gasteiger partial charge is 0.263 e. The standard InChI is InChI=1S/C15H21NO3/c1-11-4-5-14(12(2)10-11)19-13(3)15(17)16-6-8-18-9-7-16/h4-5,10,13H,6-9H2,1-3H3/t13-/m1/s1. The molecule has 19 heavy (non-hydrogen) atoms. The molecule has 4 nitrogen and oxygen atoms in total. The van der Waals surface area contributed by atoms with Crippen molar-refractivity contribution in [3.63, 3.8) is 0 Å². The highest BCUT2D eigenvalue weighted by atomic mass is 16.5. The fraction of sp³-hybridized carbons (Fsp3) is 0.533. The van der Waals surface area contributed by atoms with E-state index in [0.29, 0.717) is 26.3 Å². The highest BCUT2D eigenvalue weighted by Crippen LogP contribution is 2.20. The van der Waals surface area contributed by atoms with Crippen LogP contribution in [0.25, 0.3) is 0 Å². The topological polar surface area (TPSA) is 38.8 Å². The number of carbonyl (C=O) groups excluding carboxylic acids is 1. The number of ether oxygens (including phenoxy) is 2. The number of amides is 1. The predicted molar refractivity (Wildman–Crippen MR) is 73.4 cm³/mol. The number of hydrogen-bond acceptors (Lipinski definition) is 3. The number of morpholine rings is 1. The summed E-state index contributed by atoms with van der Waals surface area (Å²) in [7, 11) is 0. The molecular weight excluding hydrogens is 242 g/mol. The van der Waals surface area contributed by atoms with Gasteiger partial charge in [0.15, 0.2) is 6.10 Å². The highest BCUT2D eigenvalue weighted by molar-refractivity contribution is 5.81. The van der Waals surface area contributed by atoms with Gasteiger partial charge in [-0.25, -0.2) is 0 Å². The van der Waals surface area contributed by atoms with Crippen molar-refractivity contribution in [3.8, 4) is 5.75 Å². The van der Waals surface area contributed by atoms with Crippen LogP contribution in [0.1, 0.15) is 18.1 Å². The molecule has 1 saturated heterocycles. The maximum atomic E-state index is 12.2. The van der Waals surface area contributed by atoms with Crippen LogP contribution in [0, 0.1) is 13.8 Å². The summed E-state index contributed by atoms with van der Waals surface area (Å²) in [6.07, 6.45) is -0.459. The molecule has 2 rings (SSSR count). The number of benzene rings is 1. The molecule has 0 spiro atoms. The van der Waals surface area contributed by atoms with E-state index in [9.17, 15) is 4.79 Å². The summed E-state index contributed by atoms with van der Waals surface area (Å²) in [6, 6.07) is 5.98. The highest BCUT2D eigenvalue weighted by Gasteiger charge is 2.24. The quantitative estimate of drug-likeness (QED) is 0.836. The normalized spacial score (nSPS) is 17.1. The van der Waals surface area contributed by atoms with Gasteiger partial charge in [-0.15, -0.1) is 0 Å². The largest absolute Gasteiger partial charge is 0.481 e. The van der Waals surface area contributed by atoms with Gasteiger partial charge in [-0.2, -0.15) is 0 Å². The molecule has 4 heteroatoms. The first-order valence-corrected chi connectivity index (χ1v) is 6.68. The summed E-state index contributed by atoms with van der Waals surface area (Å²) in [6.45, 7) is 8.37. The second-order valence-corrected chi connectivity index (χ2v) is 4.97. The van der Waals surface area contributed by atoms with Crippen LogP contribution in [0.4, 0.5) is 0 Å². The van der Waals surface area contributed by atoms with Gasteiger partial charge in [0.05, 0.1) is 13.2 Å². The molecule has 0 radical (unpaired) electrons. The molecule has 0 bridgehead atoms. The first-order valence-electron chi connectivity index (χ1n) is 6.68. The van der Waals surface area contributed by atoms with E-state index in [0.717, 1.165) is 11.3 Å². The zero-order chi connectivity index (χ0) is 13.8. The molecule has 0 aromatic heterocycles. The fourth-order valence-corrected chi connectivity index (χ4v) is 2.21. The Morgan fingerprint density at radius 1 is 1.32 bits per heavy atom. The lowest BCUT2D eigenvalue weighted by molar-refractivity contribution is -0.142. The van der Waals surface area contributed by atoms with Crippen molar-refractivity contribution < 1.29 is 14.3 Å². The zero-order valence-corrected chi connectivity index (χ0v) is 11.8. The van der Waals surface area contributed by atoms with Crippen LogP contribution < -0.4 is 4.74 Å². The molecule has 0 saturated carbocycles. The average Bonchev–Trinajstić information content (AvgIpc) is 2.42. The first kappa shape index (κ1) is 13.9. The van der Waals surface area contributed by atoms with Crippen molar-refractivity contribution in [1.29, 1.82) is 0 Å². The van der Waals surface area contributed by atoms with Crippen LogP contribution in [0.15, 0.2) is 18.2 Å². The molecule has 1 aliphatic heterocycles. The van der Waals surface area contributed by atoms with Gasteiger partial charge in [0, 0.05) is 13.1 Å². The van der Waals surface area contributed by atoms with E-state index in [2.05, 4.69) is 6.07 Å². The van der Waals surface area contributed by atoms with Crippen molar-refractivity contribution in [2.24, 2.45) is 0 Å². The summed E-state index contributed by atoms with van der Waals surface area (Å²) in [5, 5.41) is 0. The van der Waals surface area contributed by atoms with E-state index >= 15 is 0 Å². The maximum absolute atomic E-state index is 12.2. The van der Waals surface area contributed by atoms with Gasteiger partial charge in [0.1, 0.15) is 5.75 Å². The monoisotopic (exact) mass is 263 g/mol. The van der Waals surface area contributed by atoms with Crippen LogP contribution in [0.5, 0.6) is 5.75 Å². The number of rotatable bonds is 3. The van der Waals surface area contributed by atoms with Crippen LogP contribution in [-0.4, -0.2) is 43.2 Å². The van der Waals surface area contributed by atoms with Gasteiger partial charge < -0.3 is 14.4 Å². The van der Waals surface area contributed by atoms with Crippen molar-refractivity contribution in [2.75, 3.05) is 26.3 Å². The molecule has 1 fully saturated rings. The van der Waals surface area contributed by atoms with Gasteiger partial charge in [-0.05, 0) is 32.4 Å². The Morgan fingerprint density at radius 3 is 2.63 bits per heavy atom. The predicted octanol–water partition coefficient (Wildman–Crippen LogP) is 1.93. The van der Waals surface area contributed by atoms with Crippen molar-refractivity contribution in [2.45, 2.75) is 26.9 Å². The summed E-state index contributed by atoms with van der Waals surface area (Å²) in [5.74, 6) is 0.808. The Hall–Kier alpha value is -1.55. The van der Waals surface area contributed by atoms with E-state index in [4.69, 9.17) is 9.47 Å². The first-order chi connectivity index (χ1) is 9.08. The third-order valence-electron chi connectivity index (χ3n) is 3.30. The lowest BCUT2D eigenvalue weighted by Gasteiger charge is -2.29. The molecule has 104 valence electrons. The molecular formula is C15H21NO3. The Morgan fingerprint density at radius 2 is 2.00 bits per heavy atom. The van der Waals surface area contributed by atoms with E-state index in [1.165, 1.54) is 5.56 Å². The molecule has 1 atom stereocenters. The minimum absolute atomic E-state index is 0.0308. The van der Waals surface area contributed by atoms with Crippen LogP contribution in [0.2, 0.25) is 0 Å². The molecule has 0 unspecified atom stereocenters. The summed E-state index contributed by atoms with van der Waals surface area (Å²) in [4.78, 5) is 14.0. The molecule has 1 amide bonds. The minimum Gasteiger partial charge on any atom is -0.481 e. The van der Waals surface area contributed by atoms with Gasteiger partial charge in [-0.1, -0.05) is 17.7 Å². The molecule has 1 aliphatic rings. The second-order valence-electron chi connectivity index (χ2n) is 4.97. The number of nitrogens with zero attached hydrogens (tertiary/aromatic N) is 1. The van der Waals surface area contributed by atoms with E-state index < -0.39 is 6.10 Å². The number of carbonyl (C=O) groups is 1. The van der Waals surface area contributed by atoms with E-state index in [1.807, 2.05) is 26.0 Å². The molecule has 1 aromatic carbocycles. The van der Waals surface area contributed by atoms with Crippen molar-refractivity contribution in [3.05, 3.63) is 29.3 Å².